The first-order chi connectivity index (χ1) is 14.0. The van der Waals surface area contributed by atoms with Crippen LogP contribution in [0.2, 0.25) is 0 Å². The minimum Gasteiger partial charge on any atom is -0.231 e. The van der Waals surface area contributed by atoms with Crippen molar-refractivity contribution in [1.29, 1.82) is 0 Å². The van der Waals surface area contributed by atoms with Gasteiger partial charge in [-0.3, -0.25) is 0 Å². The van der Waals surface area contributed by atoms with Gasteiger partial charge in [0.2, 0.25) is 0 Å². The third-order valence-electron chi connectivity index (χ3n) is 5.81. The Hall–Kier alpha value is -2.77. The van der Waals surface area contributed by atoms with Crippen molar-refractivity contribution in [3.05, 3.63) is 94.5 Å². The summed E-state index contributed by atoms with van der Waals surface area (Å²) >= 11 is 0. The standard InChI is InChI=1S/C25H25N3P/c1-16-13-17(2)23(18(3)14-16)27-15-28-24(20-11-7-8-12-21(20)27)26-22(25(28)29)19-9-5-4-6-10-19/h4-15,22,25H,29H2,1-3H3/q+1/t22-,25-/m0/s1. The zero-order valence-corrected chi connectivity index (χ0v) is 18.2. The lowest BCUT2D eigenvalue weighted by Gasteiger charge is -2.27. The van der Waals surface area contributed by atoms with E-state index in [1.807, 2.05) is 0 Å². The molecule has 4 heteroatoms. The van der Waals surface area contributed by atoms with Crippen molar-refractivity contribution in [2.45, 2.75) is 32.6 Å². The minimum atomic E-state index is 0.0978. The van der Waals surface area contributed by atoms with Crippen molar-refractivity contribution in [2.24, 2.45) is 4.99 Å². The van der Waals surface area contributed by atoms with Crippen molar-refractivity contribution in [3.63, 3.8) is 0 Å². The van der Waals surface area contributed by atoms with E-state index in [4.69, 9.17) is 4.99 Å². The van der Waals surface area contributed by atoms with Crippen LogP contribution >= 0.6 is 9.24 Å². The summed E-state index contributed by atoms with van der Waals surface area (Å²) in [5, 5.41) is 0. The van der Waals surface area contributed by atoms with Gasteiger partial charge in [-0.1, -0.05) is 69.4 Å². The first-order valence-corrected chi connectivity index (χ1v) is 10.7. The van der Waals surface area contributed by atoms with Crippen molar-refractivity contribution >= 4 is 32.8 Å². The number of nitrogens with zero attached hydrogens (tertiary/aromatic N) is 3. The van der Waals surface area contributed by atoms with E-state index in [1.54, 1.807) is 0 Å². The highest BCUT2D eigenvalue weighted by Crippen LogP contribution is 2.41. The maximum absolute atomic E-state index is 5.15. The smallest absolute Gasteiger partial charge is 0.231 e. The van der Waals surface area contributed by atoms with E-state index in [0.29, 0.717) is 0 Å². The lowest BCUT2D eigenvalue weighted by atomic mass is 10.0. The summed E-state index contributed by atoms with van der Waals surface area (Å²) in [6.07, 6.45) is 2.23. The summed E-state index contributed by atoms with van der Waals surface area (Å²) < 4.78 is 2.31. The Bertz CT molecular complexity index is 1140. The van der Waals surface area contributed by atoms with E-state index in [-0.39, 0.29) is 11.8 Å². The molecule has 2 aliphatic heterocycles. The van der Waals surface area contributed by atoms with Gasteiger partial charge in [-0.2, -0.15) is 0 Å². The number of anilines is 2. The van der Waals surface area contributed by atoms with Crippen molar-refractivity contribution in [2.75, 3.05) is 4.90 Å². The zero-order chi connectivity index (χ0) is 20.1. The summed E-state index contributed by atoms with van der Waals surface area (Å²) in [6, 6.07) is 23.8. The summed E-state index contributed by atoms with van der Waals surface area (Å²) in [7, 11) is 3.01. The van der Waals surface area contributed by atoms with Crippen LogP contribution in [0.4, 0.5) is 11.4 Å². The van der Waals surface area contributed by atoms with Gasteiger partial charge in [0.15, 0.2) is 12.4 Å². The molecule has 0 spiro atoms. The molecule has 0 aromatic heterocycles. The Labute approximate surface area is 174 Å². The van der Waals surface area contributed by atoms with Crippen LogP contribution in [0, 0.1) is 20.8 Å². The fraction of sp³-hybridized carbons (Fsp3) is 0.200. The predicted molar refractivity (Wildman–Crippen MR) is 125 cm³/mol. The third-order valence-corrected chi connectivity index (χ3v) is 6.50. The first kappa shape index (κ1) is 18.3. The van der Waals surface area contributed by atoms with Gasteiger partial charge < -0.3 is 0 Å². The number of benzene rings is 3. The molecule has 3 nitrogen and oxygen atoms in total. The molecule has 0 radical (unpaired) electrons. The molecule has 3 atom stereocenters. The number of hydrogen-bond donors (Lipinski definition) is 0. The molecule has 0 amide bonds. The average molecular weight is 398 g/mol. The van der Waals surface area contributed by atoms with E-state index >= 15 is 0 Å². The second-order valence-corrected chi connectivity index (χ2v) is 8.64. The molecular weight excluding hydrogens is 373 g/mol. The van der Waals surface area contributed by atoms with Crippen LogP contribution in [0.25, 0.3) is 0 Å². The molecule has 0 bridgehead atoms. The number of fused-ring (bicyclic) bond motifs is 3. The molecule has 2 aliphatic rings. The van der Waals surface area contributed by atoms with Crippen LogP contribution in [-0.4, -0.2) is 22.5 Å². The fourth-order valence-electron chi connectivity index (χ4n) is 4.62. The Morgan fingerprint density at radius 2 is 1.55 bits per heavy atom. The molecule has 0 saturated heterocycles. The van der Waals surface area contributed by atoms with Crippen molar-refractivity contribution in [3.8, 4) is 0 Å². The second-order valence-electron chi connectivity index (χ2n) is 7.96. The monoisotopic (exact) mass is 398 g/mol. The van der Waals surface area contributed by atoms with Crippen LogP contribution < -0.4 is 4.90 Å². The minimum absolute atomic E-state index is 0.0978. The third kappa shape index (κ3) is 2.92. The van der Waals surface area contributed by atoms with E-state index in [9.17, 15) is 0 Å². The predicted octanol–water partition coefficient (Wildman–Crippen LogP) is 5.51. The second kappa shape index (κ2) is 6.93. The van der Waals surface area contributed by atoms with Gasteiger partial charge in [0.05, 0.1) is 5.56 Å². The Morgan fingerprint density at radius 1 is 0.897 bits per heavy atom. The summed E-state index contributed by atoms with van der Waals surface area (Å²) in [5.41, 5.74) is 8.73. The number of hydrogen-bond acceptors (Lipinski definition) is 2. The molecule has 29 heavy (non-hydrogen) atoms. The highest BCUT2D eigenvalue weighted by atomic mass is 31.0. The van der Waals surface area contributed by atoms with Gasteiger partial charge in [0.1, 0.15) is 17.2 Å². The molecule has 144 valence electrons. The topological polar surface area (TPSA) is 18.6 Å². The Kier molecular flexibility index (Phi) is 4.37. The Balaban J connectivity index is 1.70. The molecule has 0 fully saturated rings. The van der Waals surface area contributed by atoms with E-state index < -0.39 is 0 Å². The molecule has 2 heterocycles. The quantitative estimate of drug-likeness (QED) is 0.411. The van der Waals surface area contributed by atoms with Crippen molar-refractivity contribution < 1.29 is 4.58 Å². The van der Waals surface area contributed by atoms with Gasteiger partial charge in [-0.25, -0.2) is 9.48 Å². The normalized spacial score (nSPS) is 20.1. The summed E-state index contributed by atoms with van der Waals surface area (Å²) in [5.74, 6) is 1.22. The maximum Gasteiger partial charge on any atom is 0.269 e. The molecule has 0 saturated carbocycles. The molecule has 0 aliphatic carbocycles. The number of rotatable bonds is 2. The molecule has 5 rings (SSSR count). The van der Waals surface area contributed by atoms with Crippen LogP contribution in [0.15, 0.2) is 71.7 Å². The van der Waals surface area contributed by atoms with Crippen LogP contribution in [0.1, 0.15) is 33.9 Å². The highest BCUT2D eigenvalue weighted by Gasteiger charge is 2.43. The maximum atomic E-state index is 5.15. The van der Waals surface area contributed by atoms with E-state index in [0.717, 1.165) is 5.84 Å². The van der Waals surface area contributed by atoms with Crippen molar-refractivity contribution in [1.82, 2.24) is 0 Å². The van der Waals surface area contributed by atoms with Crippen LogP contribution in [0.3, 0.4) is 0 Å². The fourth-order valence-corrected chi connectivity index (χ4v) is 5.15. The van der Waals surface area contributed by atoms with Gasteiger partial charge in [-0.05, 0) is 49.6 Å². The number of amidine groups is 1. The zero-order valence-electron chi connectivity index (χ0n) is 17.0. The van der Waals surface area contributed by atoms with Gasteiger partial charge in [0.25, 0.3) is 5.84 Å². The largest absolute Gasteiger partial charge is 0.269 e. The van der Waals surface area contributed by atoms with Gasteiger partial charge in [-0.15, -0.1) is 4.99 Å². The molecule has 0 N–H and O–H groups in total. The average Bonchev–Trinajstić information content (AvgIpc) is 3.05. The molecule has 3 aromatic rings. The van der Waals surface area contributed by atoms with E-state index in [1.165, 1.54) is 39.2 Å². The SMILES string of the molecule is Cc1cc(C)c(N2C=[N+]3C(=N[C@@H](c4ccccc4)[C@@H]3P)c3ccccc32)c(C)c1. The lowest BCUT2D eigenvalue weighted by molar-refractivity contribution is -0.412. The molecule has 1 unspecified atom stereocenters. The molecule has 3 aromatic carbocycles. The number of aliphatic imine (C=N–C) groups is 1. The lowest BCUT2D eigenvalue weighted by Crippen LogP contribution is -2.37. The summed E-state index contributed by atoms with van der Waals surface area (Å²) in [4.78, 5) is 7.49. The van der Waals surface area contributed by atoms with Crippen LogP contribution in [0.5, 0.6) is 0 Å². The van der Waals surface area contributed by atoms with E-state index in [2.05, 4.69) is 113 Å². The number of para-hydroxylation sites is 1. The first-order valence-electron chi connectivity index (χ1n) is 10.0. The summed E-state index contributed by atoms with van der Waals surface area (Å²) in [6.45, 7) is 6.56. The molecular formula is C25H25N3P+. The number of aryl methyl sites for hydroxylation is 3. The van der Waals surface area contributed by atoms with Gasteiger partial charge >= 0.3 is 0 Å². The van der Waals surface area contributed by atoms with Gasteiger partial charge in [0, 0.05) is 0 Å². The highest BCUT2D eigenvalue weighted by molar-refractivity contribution is 7.17. The van der Waals surface area contributed by atoms with Crippen LogP contribution in [-0.2, 0) is 0 Å². The Morgan fingerprint density at radius 3 is 2.28 bits per heavy atom.